The van der Waals surface area contributed by atoms with E-state index in [1.807, 2.05) is 0 Å². The van der Waals surface area contributed by atoms with Gasteiger partial charge in [-0.3, -0.25) is 4.55 Å². The lowest BCUT2D eigenvalue weighted by Crippen LogP contribution is -2.04. The lowest BCUT2D eigenvalue weighted by atomic mass is 10.2. The van der Waals surface area contributed by atoms with Crippen LogP contribution in [0.2, 0.25) is 0 Å². The molecule has 0 fully saturated rings. The van der Waals surface area contributed by atoms with Crippen molar-refractivity contribution in [2.75, 3.05) is 5.75 Å². The van der Waals surface area contributed by atoms with Crippen molar-refractivity contribution < 1.29 is 13.0 Å². The molecule has 8 heteroatoms. The van der Waals surface area contributed by atoms with E-state index in [9.17, 15) is 8.42 Å². The first-order valence-corrected chi connectivity index (χ1v) is 5.78. The van der Waals surface area contributed by atoms with Crippen molar-refractivity contribution in [2.24, 2.45) is 0 Å². The predicted octanol–water partition coefficient (Wildman–Crippen LogP) is -0.469. The van der Waals surface area contributed by atoms with Gasteiger partial charge in [-0.2, -0.15) is 8.42 Å². The van der Waals surface area contributed by atoms with E-state index in [1.165, 1.54) is 4.68 Å². The van der Waals surface area contributed by atoms with Gasteiger partial charge in [0, 0.05) is 6.54 Å². The van der Waals surface area contributed by atoms with Gasteiger partial charge in [-0.05, 0) is 23.3 Å². The Labute approximate surface area is 81.9 Å². The number of aromatic nitrogens is 4. The van der Waals surface area contributed by atoms with Crippen molar-refractivity contribution in [2.45, 2.75) is 25.8 Å². The molecule has 0 atom stereocenters. The third-order valence-corrected chi connectivity index (χ3v) is 2.43. The molecule has 1 radical (unpaired) electrons. The summed E-state index contributed by atoms with van der Waals surface area (Å²) >= 11 is 0. The Kier molecular flexibility index (Phi) is 3.96. The van der Waals surface area contributed by atoms with Crippen LogP contribution >= 0.6 is 0 Å². The van der Waals surface area contributed by atoms with Crippen molar-refractivity contribution >= 4 is 10.1 Å². The van der Waals surface area contributed by atoms with Gasteiger partial charge < -0.3 is 0 Å². The van der Waals surface area contributed by atoms with Crippen molar-refractivity contribution in [3.63, 3.8) is 0 Å². The van der Waals surface area contributed by atoms with E-state index in [1.54, 1.807) is 0 Å². The maximum atomic E-state index is 10.3. The molecule has 1 heterocycles. The molecule has 7 nitrogen and oxygen atoms in total. The molecule has 0 aliphatic carbocycles. The number of hydrogen-bond acceptors (Lipinski definition) is 5. The van der Waals surface area contributed by atoms with Crippen molar-refractivity contribution in [1.29, 1.82) is 0 Å². The van der Waals surface area contributed by atoms with Gasteiger partial charge in [0.1, 0.15) is 0 Å². The first kappa shape index (κ1) is 11.1. The summed E-state index contributed by atoms with van der Waals surface area (Å²) in [5.41, 5.74) is 0. The van der Waals surface area contributed by atoms with Gasteiger partial charge in [0.2, 0.25) is 6.33 Å². The van der Waals surface area contributed by atoms with E-state index < -0.39 is 10.1 Å². The number of hydrogen-bond donors (Lipinski definition) is 1. The van der Waals surface area contributed by atoms with Crippen LogP contribution in [-0.2, 0) is 16.7 Å². The summed E-state index contributed by atoms with van der Waals surface area (Å²) in [5.74, 6) is -0.188. The Morgan fingerprint density at radius 3 is 2.64 bits per heavy atom. The predicted molar refractivity (Wildman–Crippen MR) is 46.9 cm³/mol. The minimum Gasteiger partial charge on any atom is -0.286 e. The van der Waals surface area contributed by atoms with Crippen LogP contribution in [0.1, 0.15) is 19.3 Å². The van der Waals surface area contributed by atoms with Gasteiger partial charge in [-0.25, -0.2) is 4.68 Å². The zero-order valence-electron chi connectivity index (χ0n) is 7.50. The summed E-state index contributed by atoms with van der Waals surface area (Å²) in [5, 5.41) is 10.3. The topological polar surface area (TPSA) is 98.0 Å². The fourth-order valence-corrected chi connectivity index (χ4v) is 1.55. The highest BCUT2D eigenvalue weighted by atomic mass is 32.2. The van der Waals surface area contributed by atoms with Crippen LogP contribution in [-0.4, -0.2) is 38.9 Å². The van der Waals surface area contributed by atoms with E-state index in [0.717, 1.165) is 6.42 Å². The molecule has 79 valence electrons. The van der Waals surface area contributed by atoms with Gasteiger partial charge in [0.25, 0.3) is 10.1 Å². The van der Waals surface area contributed by atoms with E-state index in [4.69, 9.17) is 4.55 Å². The molecule has 0 aliphatic rings. The number of unbranched alkanes of at least 4 members (excludes halogenated alkanes) is 2. The highest BCUT2D eigenvalue weighted by Gasteiger charge is 2.03. The number of tetrazole rings is 1. The summed E-state index contributed by atoms with van der Waals surface area (Å²) in [6.07, 6.45) is 4.43. The van der Waals surface area contributed by atoms with Gasteiger partial charge in [0.15, 0.2) is 0 Å². The Bertz CT molecular complexity index is 347. The molecule has 14 heavy (non-hydrogen) atoms. The zero-order valence-corrected chi connectivity index (χ0v) is 8.31. The highest BCUT2D eigenvalue weighted by Crippen LogP contribution is 1.99. The SMILES string of the molecule is O=S(=O)(O)CCCCCn1[c]nnn1. The Morgan fingerprint density at radius 2 is 2.07 bits per heavy atom. The third kappa shape index (κ3) is 4.87. The second-order valence-corrected chi connectivity index (χ2v) is 4.42. The summed E-state index contributed by atoms with van der Waals surface area (Å²) in [7, 11) is -3.81. The van der Waals surface area contributed by atoms with E-state index in [2.05, 4.69) is 21.9 Å². The smallest absolute Gasteiger partial charge is 0.264 e. The normalized spacial score (nSPS) is 11.8. The van der Waals surface area contributed by atoms with Gasteiger partial charge in [-0.1, -0.05) is 6.42 Å². The highest BCUT2D eigenvalue weighted by molar-refractivity contribution is 7.85. The van der Waals surface area contributed by atoms with Crippen LogP contribution in [0.5, 0.6) is 0 Å². The number of aryl methyl sites for hydroxylation is 1. The fourth-order valence-electron chi connectivity index (χ4n) is 0.977. The summed E-state index contributed by atoms with van der Waals surface area (Å²) in [6.45, 7) is 0.610. The first-order chi connectivity index (χ1) is 6.58. The van der Waals surface area contributed by atoms with Crippen molar-refractivity contribution in [1.82, 2.24) is 20.2 Å². The molecule has 0 saturated carbocycles. The average Bonchev–Trinajstić information content (AvgIpc) is 2.54. The fraction of sp³-hybridized carbons (Fsp3) is 0.833. The average molecular weight is 219 g/mol. The molecule has 1 rings (SSSR count). The Morgan fingerprint density at radius 1 is 1.29 bits per heavy atom. The van der Waals surface area contributed by atoms with Crippen molar-refractivity contribution in [3.05, 3.63) is 6.33 Å². The molecule has 0 spiro atoms. The summed E-state index contributed by atoms with van der Waals surface area (Å²) in [6, 6.07) is 0. The number of nitrogens with zero attached hydrogens (tertiary/aromatic N) is 4. The van der Waals surface area contributed by atoms with Gasteiger partial charge in [0.05, 0.1) is 5.75 Å². The second kappa shape index (κ2) is 5.01. The number of rotatable bonds is 6. The lowest BCUT2D eigenvalue weighted by molar-refractivity contribution is 0.476. The first-order valence-electron chi connectivity index (χ1n) is 4.17. The largest absolute Gasteiger partial charge is 0.286 e. The monoisotopic (exact) mass is 219 g/mol. The van der Waals surface area contributed by atoms with Crippen LogP contribution in [0.4, 0.5) is 0 Å². The van der Waals surface area contributed by atoms with Gasteiger partial charge in [-0.15, -0.1) is 5.10 Å². The minimum absolute atomic E-state index is 0.188. The van der Waals surface area contributed by atoms with Crippen LogP contribution in [0.15, 0.2) is 0 Å². The van der Waals surface area contributed by atoms with E-state index in [0.29, 0.717) is 19.4 Å². The molecule has 1 N–H and O–H groups in total. The molecule has 0 saturated heterocycles. The molecule has 0 amide bonds. The van der Waals surface area contributed by atoms with Crippen molar-refractivity contribution in [3.8, 4) is 0 Å². The van der Waals surface area contributed by atoms with Gasteiger partial charge >= 0.3 is 0 Å². The maximum absolute atomic E-state index is 10.3. The quantitative estimate of drug-likeness (QED) is 0.513. The molecule has 0 bridgehead atoms. The summed E-state index contributed by atoms with van der Waals surface area (Å²) < 4.78 is 30.6. The molecule has 0 aromatic carbocycles. The van der Waals surface area contributed by atoms with E-state index >= 15 is 0 Å². The lowest BCUT2D eigenvalue weighted by Gasteiger charge is -1.98. The Balaban J connectivity index is 2.06. The van der Waals surface area contributed by atoms with Crippen LogP contribution in [0.3, 0.4) is 0 Å². The molecule has 0 aliphatic heterocycles. The molecule has 1 aromatic rings. The molecular weight excluding hydrogens is 208 g/mol. The zero-order chi connectivity index (χ0) is 10.4. The Hall–Kier alpha value is -1.02. The van der Waals surface area contributed by atoms with E-state index in [-0.39, 0.29) is 5.75 Å². The molecular formula is C6H11N4O3S. The minimum atomic E-state index is -3.81. The summed E-state index contributed by atoms with van der Waals surface area (Å²) in [4.78, 5) is 0. The van der Waals surface area contributed by atoms with Crippen LogP contribution in [0.25, 0.3) is 0 Å². The van der Waals surface area contributed by atoms with Crippen LogP contribution < -0.4 is 0 Å². The second-order valence-electron chi connectivity index (χ2n) is 2.85. The maximum Gasteiger partial charge on any atom is 0.264 e. The molecule has 1 aromatic heterocycles. The van der Waals surface area contributed by atoms with Crippen LogP contribution in [0, 0.1) is 6.33 Å². The molecule has 0 unspecified atom stereocenters. The standard InChI is InChI=1S/C6H11N4O3S/c11-14(12,13)5-3-1-2-4-10-6-7-8-9-10/h1-5H2,(H,11,12,13). The third-order valence-electron chi connectivity index (χ3n) is 1.63.